The fraction of sp³-hybridized carbons (Fsp3) is 0.200. The van der Waals surface area contributed by atoms with Gasteiger partial charge in [0.1, 0.15) is 11.6 Å². The van der Waals surface area contributed by atoms with Gasteiger partial charge >= 0.3 is 0 Å². The van der Waals surface area contributed by atoms with Crippen molar-refractivity contribution >= 4 is 44.5 Å². The van der Waals surface area contributed by atoms with Crippen LogP contribution in [0.2, 0.25) is 5.02 Å². The summed E-state index contributed by atoms with van der Waals surface area (Å²) in [4.78, 5) is 16.9. The Hall–Kier alpha value is -2.83. The van der Waals surface area contributed by atoms with Gasteiger partial charge in [0, 0.05) is 29.0 Å². The molecule has 0 saturated heterocycles. The number of fused-ring (bicyclic) bond motifs is 1. The molecule has 0 bridgehead atoms. The lowest BCUT2D eigenvalue weighted by Gasteiger charge is -2.11. The molecule has 0 saturated carbocycles. The van der Waals surface area contributed by atoms with E-state index in [1.807, 2.05) is 18.2 Å². The Labute approximate surface area is 200 Å². The maximum Gasteiger partial charge on any atom is 0.257 e. The SMILES string of the molecule is O=C(COc1ccc(Cl)cc1)NCCCc1nc2ccccc2n1Cc1ccc(Br)cc1. The van der Waals surface area contributed by atoms with Gasteiger partial charge in [-0.2, -0.15) is 0 Å². The van der Waals surface area contributed by atoms with Crippen LogP contribution in [0.25, 0.3) is 11.0 Å². The van der Waals surface area contributed by atoms with Gasteiger partial charge in [0.2, 0.25) is 0 Å². The van der Waals surface area contributed by atoms with Crippen molar-refractivity contribution in [1.29, 1.82) is 0 Å². The van der Waals surface area contributed by atoms with Crippen LogP contribution in [0.5, 0.6) is 5.75 Å². The molecule has 1 heterocycles. The minimum Gasteiger partial charge on any atom is -0.484 e. The number of amides is 1. The first kappa shape index (κ1) is 22.4. The largest absolute Gasteiger partial charge is 0.484 e. The lowest BCUT2D eigenvalue weighted by Crippen LogP contribution is -2.30. The Morgan fingerprint density at radius 1 is 1.03 bits per heavy atom. The molecule has 0 aliphatic carbocycles. The van der Waals surface area contributed by atoms with E-state index >= 15 is 0 Å². The number of hydrogen-bond acceptors (Lipinski definition) is 3. The van der Waals surface area contributed by atoms with Gasteiger partial charge in [-0.05, 0) is 60.5 Å². The number of carbonyl (C=O) groups excluding carboxylic acids is 1. The van der Waals surface area contributed by atoms with E-state index in [-0.39, 0.29) is 12.5 Å². The number of carbonyl (C=O) groups is 1. The fourth-order valence-electron chi connectivity index (χ4n) is 3.47. The van der Waals surface area contributed by atoms with Crippen molar-refractivity contribution < 1.29 is 9.53 Å². The zero-order valence-corrected chi connectivity index (χ0v) is 19.8. The van der Waals surface area contributed by atoms with Crippen LogP contribution < -0.4 is 10.1 Å². The van der Waals surface area contributed by atoms with Crippen molar-refractivity contribution in [1.82, 2.24) is 14.9 Å². The molecule has 0 aliphatic rings. The summed E-state index contributed by atoms with van der Waals surface area (Å²) < 4.78 is 8.80. The van der Waals surface area contributed by atoms with Gasteiger partial charge in [-0.1, -0.05) is 51.8 Å². The standard InChI is InChI=1S/C25H23BrClN3O2/c26-19-9-7-18(8-10-19)16-30-23-5-2-1-4-22(23)29-24(30)6-3-15-28-25(31)17-32-21-13-11-20(27)12-14-21/h1-2,4-5,7-14H,3,6,15-17H2,(H,28,31). The molecular formula is C25H23BrClN3O2. The van der Waals surface area contributed by atoms with Crippen LogP contribution in [0.3, 0.4) is 0 Å². The second kappa shape index (κ2) is 10.7. The smallest absolute Gasteiger partial charge is 0.257 e. The molecule has 0 atom stereocenters. The minimum absolute atomic E-state index is 0.0241. The Morgan fingerprint density at radius 2 is 1.78 bits per heavy atom. The maximum absolute atomic E-state index is 12.1. The monoisotopic (exact) mass is 511 g/mol. The zero-order chi connectivity index (χ0) is 22.3. The van der Waals surface area contributed by atoms with E-state index < -0.39 is 0 Å². The molecule has 5 nitrogen and oxygen atoms in total. The molecule has 0 fully saturated rings. The third kappa shape index (κ3) is 5.90. The number of para-hydroxylation sites is 2. The summed E-state index contributed by atoms with van der Waals surface area (Å²) in [6.07, 6.45) is 1.56. The lowest BCUT2D eigenvalue weighted by atomic mass is 10.2. The number of nitrogens with zero attached hydrogens (tertiary/aromatic N) is 2. The van der Waals surface area contributed by atoms with Crippen molar-refractivity contribution in [2.75, 3.05) is 13.2 Å². The van der Waals surface area contributed by atoms with Gasteiger partial charge in [-0.15, -0.1) is 0 Å². The summed E-state index contributed by atoms with van der Waals surface area (Å²) in [6.45, 7) is 1.29. The van der Waals surface area contributed by atoms with E-state index in [0.29, 0.717) is 17.3 Å². The fourth-order valence-corrected chi connectivity index (χ4v) is 3.86. The van der Waals surface area contributed by atoms with Gasteiger partial charge in [0.15, 0.2) is 6.61 Å². The minimum atomic E-state index is -0.150. The van der Waals surface area contributed by atoms with E-state index in [0.717, 1.165) is 40.7 Å². The number of hydrogen-bond donors (Lipinski definition) is 1. The van der Waals surface area contributed by atoms with Crippen molar-refractivity contribution in [3.63, 3.8) is 0 Å². The molecule has 7 heteroatoms. The number of imidazole rings is 1. The Bertz CT molecular complexity index is 1190. The van der Waals surface area contributed by atoms with Crippen molar-refractivity contribution in [3.05, 3.63) is 93.7 Å². The predicted octanol–water partition coefficient (Wildman–Crippen LogP) is 5.63. The molecular weight excluding hydrogens is 490 g/mol. The highest BCUT2D eigenvalue weighted by Gasteiger charge is 2.11. The van der Waals surface area contributed by atoms with E-state index in [2.05, 4.69) is 56.1 Å². The first-order chi connectivity index (χ1) is 15.6. The number of benzene rings is 3. The first-order valence-corrected chi connectivity index (χ1v) is 11.6. The Morgan fingerprint density at radius 3 is 2.56 bits per heavy atom. The average Bonchev–Trinajstić information content (AvgIpc) is 3.15. The Kier molecular flexibility index (Phi) is 7.45. The molecule has 0 radical (unpaired) electrons. The molecule has 1 aromatic heterocycles. The summed E-state index contributed by atoms with van der Waals surface area (Å²) in [5, 5.41) is 3.54. The molecule has 0 unspecified atom stereocenters. The normalized spacial score (nSPS) is 10.9. The average molecular weight is 513 g/mol. The summed E-state index contributed by atoms with van der Waals surface area (Å²) in [7, 11) is 0. The molecule has 164 valence electrons. The van der Waals surface area contributed by atoms with Gasteiger partial charge in [0.05, 0.1) is 11.0 Å². The van der Waals surface area contributed by atoms with Crippen molar-refractivity contribution in [3.8, 4) is 5.75 Å². The number of rotatable bonds is 9. The molecule has 3 aromatic carbocycles. The highest BCUT2D eigenvalue weighted by molar-refractivity contribution is 9.10. The molecule has 1 amide bonds. The molecule has 32 heavy (non-hydrogen) atoms. The van der Waals surface area contributed by atoms with Crippen LogP contribution >= 0.6 is 27.5 Å². The summed E-state index contributed by atoms with van der Waals surface area (Å²) in [5.74, 6) is 1.48. The van der Waals surface area contributed by atoms with Crippen LogP contribution in [-0.4, -0.2) is 28.6 Å². The number of nitrogens with one attached hydrogen (secondary N) is 1. The Balaban J connectivity index is 1.33. The molecule has 4 aromatic rings. The second-order valence-corrected chi connectivity index (χ2v) is 8.78. The number of aromatic nitrogens is 2. The van der Waals surface area contributed by atoms with Gasteiger partial charge in [-0.25, -0.2) is 4.98 Å². The van der Waals surface area contributed by atoms with Gasteiger partial charge in [-0.3, -0.25) is 4.79 Å². The van der Waals surface area contributed by atoms with Crippen molar-refractivity contribution in [2.45, 2.75) is 19.4 Å². The molecule has 0 aliphatic heterocycles. The van der Waals surface area contributed by atoms with Crippen LogP contribution in [-0.2, 0) is 17.8 Å². The first-order valence-electron chi connectivity index (χ1n) is 10.4. The second-order valence-electron chi connectivity index (χ2n) is 7.43. The van der Waals surface area contributed by atoms with E-state index in [1.54, 1.807) is 24.3 Å². The number of ether oxygens (including phenoxy) is 1. The van der Waals surface area contributed by atoms with Gasteiger partial charge in [0.25, 0.3) is 5.91 Å². The van der Waals surface area contributed by atoms with Crippen LogP contribution in [0, 0.1) is 0 Å². The molecule has 1 N–H and O–H groups in total. The molecule has 0 spiro atoms. The lowest BCUT2D eigenvalue weighted by molar-refractivity contribution is -0.123. The van der Waals surface area contributed by atoms with Crippen molar-refractivity contribution in [2.24, 2.45) is 0 Å². The highest BCUT2D eigenvalue weighted by atomic mass is 79.9. The van der Waals surface area contributed by atoms with Crippen LogP contribution in [0.15, 0.2) is 77.3 Å². The van der Waals surface area contributed by atoms with E-state index in [9.17, 15) is 4.79 Å². The van der Waals surface area contributed by atoms with Gasteiger partial charge < -0.3 is 14.6 Å². The number of aryl methyl sites for hydroxylation is 1. The quantitative estimate of drug-likeness (QED) is 0.296. The van der Waals surface area contributed by atoms with E-state index in [1.165, 1.54) is 5.56 Å². The van der Waals surface area contributed by atoms with Crippen LogP contribution in [0.4, 0.5) is 0 Å². The summed E-state index contributed by atoms with van der Waals surface area (Å²) in [6, 6.07) is 23.4. The summed E-state index contributed by atoms with van der Waals surface area (Å²) in [5.41, 5.74) is 3.32. The zero-order valence-electron chi connectivity index (χ0n) is 17.4. The van der Waals surface area contributed by atoms with Crippen LogP contribution in [0.1, 0.15) is 17.8 Å². The topological polar surface area (TPSA) is 56.1 Å². The third-order valence-corrected chi connectivity index (χ3v) is 5.85. The predicted molar refractivity (Wildman–Crippen MR) is 131 cm³/mol. The maximum atomic E-state index is 12.1. The third-order valence-electron chi connectivity index (χ3n) is 5.07. The number of halogens is 2. The molecule has 4 rings (SSSR count). The highest BCUT2D eigenvalue weighted by Crippen LogP contribution is 2.20. The summed E-state index contributed by atoms with van der Waals surface area (Å²) >= 11 is 9.34. The van der Waals surface area contributed by atoms with E-state index in [4.69, 9.17) is 21.3 Å².